The van der Waals surface area contributed by atoms with Crippen molar-refractivity contribution in [1.82, 2.24) is 0 Å². The molecular formula is C75H46. The van der Waals surface area contributed by atoms with Crippen molar-refractivity contribution < 1.29 is 0 Å². The first-order valence-corrected chi connectivity index (χ1v) is 26.2. The summed E-state index contributed by atoms with van der Waals surface area (Å²) in [6, 6.07) is 105. The maximum absolute atomic E-state index is 2.50. The van der Waals surface area contributed by atoms with Crippen LogP contribution in [0.4, 0.5) is 0 Å². The summed E-state index contributed by atoms with van der Waals surface area (Å²) in [7, 11) is 0. The van der Waals surface area contributed by atoms with Crippen molar-refractivity contribution in [1.29, 1.82) is 0 Å². The van der Waals surface area contributed by atoms with E-state index in [0.29, 0.717) is 0 Å². The maximum atomic E-state index is 2.50. The zero-order valence-corrected chi connectivity index (χ0v) is 41.1. The fourth-order valence-corrected chi connectivity index (χ4v) is 13.7. The van der Waals surface area contributed by atoms with E-state index in [1.54, 1.807) is 0 Å². The Morgan fingerprint density at radius 3 is 1.29 bits per heavy atom. The molecule has 15 aromatic carbocycles. The van der Waals surface area contributed by atoms with Gasteiger partial charge in [0, 0.05) is 0 Å². The number of hydrogen-bond acceptors (Lipinski definition) is 0. The average Bonchev–Trinajstić information content (AvgIpc) is 3.87. The summed E-state index contributed by atoms with van der Waals surface area (Å²) >= 11 is 0. The van der Waals surface area contributed by atoms with Crippen molar-refractivity contribution in [3.05, 3.63) is 301 Å². The average molecular weight is 947 g/mol. The van der Waals surface area contributed by atoms with Gasteiger partial charge in [-0.3, -0.25) is 0 Å². The minimum absolute atomic E-state index is 0.549. The van der Waals surface area contributed by atoms with E-state index in [2.05, 4.69) is 279 Å². The second-order valence-corrected chi connectivity index (χ2v) is 20.5. The van der Waals surface area contributed by atoms with Crippen LogP contribution in [-0.2, 0) is 5.41 Å². The Bertz CT molecular complexity index is 4750. The van der Waals surface area contributed by atoms with Gasteiger partial charge in [-0.05, 0) is 165 Å². The van der Waals surface area contributed by atoms with E-state index in [1.807, 2.05) is 0 Å². The molecule has 346 valence electrons. The molecule has 0 radical (unpaired) electrons. The van der Waals surface area contributed by atoms with Gasteiger partial charge in [-0.25, -0.2) is 0 Å². The first kappa shape index (κ1) is 41.9. The smallest absolute Gasteiger partial charge is 0.0622 e. The van der Waals surface area contributed by atoms with Gasteiger partial charge in [0.05, 0.1) is 5.41 Å². The fraction of sp³-hybridized carbons (Fsp3) is 0.0133. The quantitative estimate of drug-likeness (QED) is 0.119. The lowest BCUT2D eigenvalue weighted by atomic mass is 9.66. The molecule has 1 aliphatic rings. The van der Waals surface area contributed by atoms with E-state index in [1.165, 1.54) is 153 Å². The van der Waals surface area contributed by atoms with Gasteiger partial charge in [-0.1, -0.05) is 267 Å². The number of rotatable bonds is 5. The highest BCUT2D eigenvalue weighted by molar-refractivity contribution is 6.31. The molecule has 75 heavy (non-hydrogen) atoms. The summed E-state index contributed by atoms with van der Waals surface area (Å²) in [5, 5.41) is 20.3. The monoisotopic (exact) mass is 946 g/mol. The molecule has 0 saturated heterocycles. The van der Waals surface area contributed by atoms with Crippen LogP contribution in [0.5, 0.6) is 0 Å². The molecule has 0 aliphatic heterocycles. The van der Waals surface area contributed by atoms with Gasteiger partial charge < -0.3 is 0 Å². The van der Waals surface area contributed by atoms with Crippen molar-refractivity contribution in [2.24, 2.45) is 0 Å². The molecule has 0 amide bonds. The van der Waals surface area contributed by atoms with Gasteiger partial charge in [0.15, 0.2) is 0 Å². The van der Waals surface area contributed by atoms with Gasteiger partial charge in [0.2, 0.25) is 0 Å². The molecule has 16 rings (SSSR count). The van der Waals surface area contributed by atoms with Gasteiger partial charge in [-0.2, -0.15) is 0 Å². The number of fused-ring (bicyclic) bond motifs is 17. The third-order valence-corrected chi connectivity index (χ3v) is 16.9. The number of hydrogen-bond donors (Lipinski definition) is 0. The normalized spacial score (nSPS) is 12.9. The summed E-state index contributed by atoms with van der Waals surface area (Å²) in [5.41, 5.74) is 14.7. The largest absolute Gasteiger partial charge is 0.0719 e. The van der Waals surface area contributed by atoms with Gasteiger partial charge >= 0.3 is 0 Å². The predicted octanol–water partition coefficient (Wildman–Crippen LogP) is 20.3. The Labute approximate surface area is 435 Å². The van der Waals surface area contributed by atoms with Crippen LogP contribution >= 0.6 is 0 Å². The van der Waals surface area contributed by atoms with Crippen LogP contribution in [0.15, 0.2) is 279 Å². The molecule has 15 aromatic rings. The topological polar surface area (TPSA) is 0 Å². The van der Waals surface area contributed by atoms with Crippen molar-refractivity contribution in [3.8, 4) is 44.5 Å². The SMILES string of the molecule is c1ccc(C2(c3ccccc3)c3ccc4c5ccccc5c5cc(-c6c7ccccc7c(-c7ccc(-c8ccc9c(ccc%10ccccc%109)c8)cc7)c7ccccc67)ccc5c4c3-c3ccc4ccccc4c32)cc1. The molecule has 0 fully saturated rings. The first-order valence-electron chi connectivity index (χ1n) is 26.2. The summed E-state index contributed by atoms with van der Waals surface area (Å²) in [6.07, 6.45) is 0. The van der Waals surface area contributed by atoms with Crippen molar-refractivity contribution in [2.75, 3.05) is 0 Å². The summed E-state index contributed by atoms with van der Waals surface area (Å²) < 4.78 is 0. The zero-order valence-electron chi connectivity index (χ0n) is 41.1. The molecule has 0 aromatic heterocycles. The lowest BCUT2D eigenvalue weighted by Gasteiger charge is -2.34. The van der Waals surface area contributed by atoms with Crippen LogP contribution in [0.25, 0.3) is 131 Å². The Morgan fingerprint density at radius 2 is 0.640 bits per heavy atom. The summed E-state index contributed by atoms with van der Waals surface area (Å²) in [4.78, 5) is 0. The fourth-order valence-electron chi connectivity index (χ4n) is 13.7. The molecule has 0 atom stereocenters. The van der Waals surface area contributed by atoms with Crippen LogP contribution in [0.2, 0.25) is 0 Å². The molecule has 0 saturated carbocycles. The minimum atomic E-state index is -0.549. The van der Waals surface area contributed by atoms with E-state index in [0.717, 1.165) is 0 Å². The lowest BCUT2D eigenvalue weighted by molar-refractivity contribution is 0.776. The highest BCUT2D eigenvalue weighted by Crippen LogP contribution is 2.61. The van der Waals surface area contributed by atoms with Crippen LogP contribution in [0, 0.1) is 0 Å². The maximum Gasteiger partial charge on any atom is 0.0719 e. The lowest BCUT2D eigenvalue weighted by Crippen LogP contribution is -2.28. The van der Waals surface area contributed by atoms with Gasteiger partial charge in [0.1, 0.15) is 0 Å². The molecule has 0 unspecified atom stereocenters. The molecular weight excluding hydrogens is 901 g/mol. The Hall–Kier alpha value is -9.62. The molecule has 0 bridgehead atoms. The van der Waals surface area contributed by atoms with E-state index in [9.17, 15) is 0 Å². The first-order chi connectivity index (χ1) is 37.2. The standard InChI is InChI=1S/C75H46/c1-3-19-54(20-4-1)75(55-21-5-2-6-22-55)69-44-43-65-59-25-11-12-26-60(59)68-46-53(39-41-66(68)72(65)73(69)67-42-37-49-18-8-10-24-58(49)74(67)75)71-63-29-15-13-27-61(63)70(62-28-14-16-30-64(62)71)50-34-31-47(32-35-50)51-38-40-57-52(45-51)36-33-48-17-7-9-23-56(48)57/h1-46H. The van der Waals surface area contributed by atoms with Crippen molar-refractivity contribution in [3.63, 3.8) is 0 Å². The van der Waals surface area contributed by atoms with Crippen LogP contribution in [0.3, 0.4) is 0 Å². The number of benzene rings is 15. The summed E-state index contributed by atoms with van der Waals surface area (Å²) in [6.45, 7) is 0. The van der Waals surface area contributed by atoms with E-state index in [-0.39, 0.29) is 0 Å². The summed E-state index contributed by atoms with van der Waals surface area (Å²) in [5.74, 6) is 0. The van der Waals surface area contributed by atoms with E-state index >= 15 is 0 Å². The Morgan fingerprint density at radius 1 is 0.213 bits per heavy atom. The van der Waals surface area contributed by atoms with Gasteiger partial charge in [0.25, 0.3) is 0 Å². The zero-order chi connectivity index (χ0) is 49.2. The highest BCUT2D eigenvalue weighted by Gasteiger charge is 2.48. The third kappa shape index (κ3) is 6.00. The third-order valence-electron chi connectivity index (χ3n) is 16.9. The van der Waals surface area contributed by atoms with E-state index < -0.39 is 5.41 Å². The Balaban J connectivity index is 0.922. The van der Waals surface area contributed by atoms with E-state index in [4.69, 9.17) is 0 Å². The van der Waals surface area contributed by atoms with Crippen LogP contribution in [-0.4, -0.2) is 0 Å². The van der Waals surface area contributed by atoms with Crippen molar-refractivity contribution >= 4 is 86.2 Å². The van der Waals surface area contributed by atoms with Crippen LogP contribution < -0.4 is 0 Å². The molecule has 0 N–H and O–H groups in total. The Kier molecular flexibility index (Phi) is 9.05. The molecule has 1 aliphatic carbocycles. The molecule has 0 heterocycles. The minimum Gasteiger partial charge on any atom is -0.0622 e. The second kappa shape index (κ2) is 16.2. The second-order valence-electron chi connectivity index (χ2n) is 20.5. The predicted molar refractivity (Wildman–Crippen MR) is 320 cm³/mol. The van der Waals surface area contributed by atoms with Crippen molar-refractivity contribution in [2.45, 2.75) is 5.41 Å². The molecule has 0 nitrogen and oxygen atoms in total. The highest BCUT2D eigenvalue weighted by atomic mass is 14.5. The van der Waals surface area contributed by atoms with Gasteiger partial charge in [-0.15, -0.1) is 0 Å². The van der Waals surface area contributed by atoms with Crippen LogP contribution in [0.1, 0.15) is 22.3 Å². The molecule has 0 heteroatoms. The molecule has 0 spiro atoms.